The van der Waals surface area contributed by atoms with Gasteiger partial charge in [-0.2, -0.15) is 18.3 Å². The number of halogens is 3. The van der Waals surface area contributed by atoms with Crippen molar-refractivity contribution in [3.05, 3.63) is 41.7 Å². The van der Waals surface area contributed by atoms with Gasteiger partial charge >= 0.3 is 12.3 Å². The number of carbonyl (C=O) groups is 1. The van der Waals surface area contributed by atoms with Gasteiger partial charge in [-0.05, 0) is 49.1 Å². The number of anilines is 1. The molecule has 2 aromatic rings. The Hall–Kier alpha value is -2.60. The maximum atomic E-state index is 13.0. The molecule has 1 fully saturated rings. The molecule has 1 heterocycles. The van der Waals surface area contributed by atoms with E-state index in [0.29, 0.717) is 11.4 Å². The zero-order valence-electron chi connectivity index (χ0n) is 16.9. The van der Waals surface area contributed by atoms with Crippen molar-refractivity contribution in [3.63, 3.8) is 0 Å². The van der Waals surface area contributed by atoms with Crippen molar-refractivity contribution in [2.24, 2.45) is 5.92 Å². The standard InChI is InChI=1S/C19H23F3N4O4S/c1-12(11-26-16(13-3-4-13)9-17(25-26)19(20,21)22)10-23-31(28,29)15-7-5-14(6-8-15)24-18(27)30-2/h5-9,12-13,23H,3-4,10-11H2,1-2H3,(H,24,27)/t12-/m0/s1. The molecule has 3 rings (SSSR count). The lowest BCUT2D eigenvalue weighted by Crippen LogP contribution is -2.30. The summed E-state index contributed by atoms with van der Waals surface area (Å²) in [6.45, 7) is 1.92. The predicted octanol–water partition coefficient (Wildman–Crippen LogP) is 3.57. The molecule has 0 unspecified atom stereocenters. The topological polar surface area (TPSA) is 102 Å². The first-order valence-electron chi connectivity index (χ1n) is 9.59. The highest BCUT2D eigenvalue weighted by atomic mass is 32.2. The maximum absolute atomic E-state index is 13.0. The van der Waals surface area contributed by atoms with E-state index in [1.807, 2.05) is 0 Å². The van der Waals surface area contributed by atoms with Crippen LogP contribution in [0, 0.1) is 5.92 Å². The van der Waals surface area contributed by atoms with Crippen molar-refractivity contribution in [3.8, 4) is 0 Å². The Balaban J connectivity index is 1.62. The predicted molar refractivity (Wildman–Crippen MR) is 106 cm³/mol. The zero-order valence-corrected chi connectivity index (χ0v) is 17.8. The molecule has 0 saturated heterocycles. The van der Waals surface area contributed by atoms with Crippen molar-refractivity contribution in [1.82, 2.24) is 14.5 Å². The van der Waals surface area contributed by atoms with Gasteiger partial charge in [-0.3, -0.25) is 10.00 Å². The monoisotopic (exact) mass is 460 g/mol. The van der Waals surface area contributed by atoms with E-state index in [4.69, 9.17) is 0 Å². The Morgan fingerprint density at radius 2 is 1.94 bits per heavy atom. The number of nitrogens with zero attached hydrogens (tertiary/aromatic N) is 2. The molecule has 170 valence electrons. The summed E-state index contributed by atoms with van der Waals surface area (Å²) in [5.41, 5.74) is -0.0236. The molecule has 1 aliphatic carbocycles. The summed E-state index contributed by atoms with van der Waals surface area (Å²) in [5.74, 6) is -0.224. The molecule has 31 heavy (non-hydrogen) atoms. The normalized spacial score (nSPS) is 15.5. The highest BCUT2D eigenvalue weighted by Crippen LogP contribution is 2.42. The highest BCUT2D eigenvalue weighted by molar-refractivity contribution is 7.89. The summed E-state index contributed by atoms with van der Waals surface area (Å²) in [7, 11) is -2.63. The Kier molecular flexibility index (Phi) is 6.60. The third-order valence-corrected chi connectivity index (χ3v) is 6.24. The number of benzene rings is 1. The summed E-state index contributed by atoms with van der Waals surface area (Å²) in [4.78, 5) is 11.2. The van der Waals surface area contributed by atoms with Gasteiger partial charge < -0.3 is 4.74 Å². The first-order chi connectivity index (χ1) is 14.5. The van der Waals surface area contributed by atoms with Crippen LogP contribution in [0.4, 0.5) is 23.7 Å². The fourth-order valence-electron chi connectivity index (χ4n) is 3.01. The molecule has 12 heteroatoms. The number of alkyl halides is 3. The summed E-state index contributed by atoms with van der Waals surface area (Å²) >= 11 is 0. The summed E-state index contributed by atoms with van der Waals surface area (Å²) in [6.07, 6.45) is -3.55. The molecule has 8 nitrogen and oxygen atoms in total. The van der Waals surface area contributed by atoms with Crippen LogP contribution in [0.1, 0.15) is 37.1 Å². The van der Waals surface area contributed by atoms with Crippen LogP contribution in [-0.2, 0) is 27.5 Å². The van der Waals surface area contributed by atoms with Crippen LogP contribution < -0.4 is 10.0 Å². The van der Waals surface area contributed by atoms with Crippen LogP contribution in [-0.4, -0.2) is 37.9 Å². The molecular weight excluding hydrogens is 437 g/mol. The minimum Gasteiger partial charge on any atom is -0.453 e. The van der Waals surface area contributed by atoms with E-state index in [2.05, 4.69) is 19.9 Å². The van der Waals surface area contributed by atoms with Gasteiger partial charge in [0.25, 0.3) is 0 Å². The largest absolute Gasteiger partial charge is 0.453 e. The van der Waals surface area contributed by atoms with E-state index in [0.717, 1.165) is 18.9 Å². The lowest BCUT2D eigenvalue weighted by molar-refractivity contribution is -0.141. The van der Waals surface area contributed by atoms with Crippen molar-refractivity contribution < 1.29 is 31.1 Å². The fourth-order valence-corrected chi connectivity index (χ4v) is 4.17. The smallest absolute Gasteiger partial charge is 0.435 e. The van der Waals surface area contributed by atoms with Crippen LogP contribution in [0.3, 0.4) is 0 Å². The Labute approximate surface area is 177 Å². The summed E-state index contributed by atoms with van der Waals surface area (Å²) in [5, 5.41) is 6.11. The van der Waals surface area contributed by atoms with Crippen molar-refractivity contribution >= 4 is 21.8 Å². The number of sulfonamides is 1. The molecule has 1 aromatic carbocycles. The van der Waals surface area contributed by atoms with E-state index < -0.39 is 28.0 Å². The van der Waals surface area contributed by atoms with Crippen LogP contribution in [0.2, 0.25) is 0 Å². The molecule has 0 bridgehead atoms. The molecule has 0 radical (unpaired) electrons. The number of rotatable bonds is 8. The van der Waals surface area contributed by atoms with E-state index >= 15 is 0 Å². The third-order valence-electron chi connectivity index (χ3n) is 4.80. The van der Waals surface area contributed by atoms with Gasteiger partial charge in [0.15, 0.2) is 5.69 Å². The minimum absolute atomic E-state index is 0.00719. The molecule has 1 aliphatic rings. The quantitative estimate of drug-likeness (QED) is 0.627. The SMILES string of the molecule is COC(=O)Nc1ccc(S(=O)(=O)NC[C@H](C)Cn2nc(C(F)(F)F)cc2C2CC2)cc1. The lowest BCUT2D eigenvalue weighted by Gasteiger charge is -2.15. The second kappa shape index (κ2) is 8.87. The number of amides is 1. The molecular formula is C19H23F3N4O4S. The lowest BCUT2D eigenvalue weighted by atomic mass is 10.2. The number of hydrogen-bond donors (Lipinski definition) is 2. The van der Waals surface area contributed by atoms with Gasteiger partial charge in [0.05, 0.1) is 12.0 Å². The van der Waals surface area contributed by atoms with Crippen molar-refractivity contribution in [2.75, 3.05) is 19.0 Å². The Morgan fingerprint density at radius 3 is 2.48 bits per heavy atom. The number of aromatic nitrogens is 2. The van der Waals surface area contributed by atoms with Gasteiger partial charge in [0, 0.05) is 30.4 Å². The van der Waals surface area contributed by atoms with Crippen LogP contribution in [0.15, 0.2) is 35.2 Å². The van der Waals surface area contributed by atoms with Gasteiger partial charge in [-0.15, -0.1) is 0 Å². The summed E-state index contributed by atoms with van der Waals surface area (Å²) in [6, 6.07) is 6.57. The number of nitrogens with one attached hydrogen (secondary N) is 2. The number of hydrogen-bond acceptors (Lipinski definition) is 5. The Bertz CT molecular complexity index is 1030. The van der Waals surface area contributed by atoms with Gasteiger partial charge in [0.1, 0.15) is 0 Å². The molecule has 0 spiro atoms. The summed E-state index contributed by atoms with van der Waals surface area (Å²) < 4.78 is 72.3. The molecule has 1 aromatic heterocycles. The molecule has 1 amide bonds. The second-order valence-corrected chi connectivity index (χ2v) is 9.27. The first kappa shape index (κ1) is 23.1. The van der Waals surface area contributed by atoms with E-state index in [9.17, 15) is 26.4 Å². The second-order valence-electron chi connectivity index (χ2n) is 7.51. The van der Waals surface area contributed by atoms with Crippen LogP contribution in [0.5, 0.6) is 0 Å². The Morgan fingerprint density at radius 1 is 1.29 bits per heavy atom. The fraction of sp³-hybridized carbons (Fsp3) is 0.474. The third kappa shape index (κ3) is 5.97. The molecule has 1 saturated carbocycles. The molecule has 2 N–H and O–H groups in total. The first-order valence-corrected chi connectivity index (χ1v) is 11.1. The number of methoxy groups -OCH3 is 1. The molecule has 1 atom stereocenters. The zero-order chi connectivity index (χ0) is 22.8. The number of carbonyl (C=O) groups excluding carboxylic acids is 1. The van der Waals surface area contributed by atoms with Crippen molar-refractivity contribution in [1.29, 1.82) is 0 Å². The average molecular weight is 460 g/mol. The van der Waals surface area contributed by atoms with Crippen LogP contribution >= 0.6 is 0 Å². The average Bonchev–Trinajstić information content (AvgIpc) is 3.46. The number of ether oxygens (including phenoxy) is 1. The highest BCUT2D eigenvalue weighted by Gasteiger charge is 2.38. The van der Waals surface area contributed by atoms with Crippen LogP contribution in [0.25, 0.3) is 0 Å². The minimum atomic E-state index is -4.52. The maximum Gasteiger partial charge on any atom is 0.435 e. The van der Waals surface area contributed by atoms with Gasteiger partial charge in [0.2, 0.25) is 10.0 Å². The molecule has 0 aliphatic heterocycles. The van der Waals surface area contributed by atoms with E-state index in [1.165, 1.54) is 36.1 Å². The van der Waals surface area contributed by atoms with E-state index in [1.54, 1.807) is 6.92 Å². The van der Waals surface area contributed by atoms with E-state index in [-0.39, 0.29) is 29.8 Å². The van der Waals surface area contributed by atoms with Gasteiger partial charge in [-0.1, -0.05) is 6.92 Å². The van der Waals surface area contributed by atoms with Gasteiger partial charge in [-0.25, -0.2) is 17.9 Å². The van der Waals surface area contributed by atoms with Crippen molar-refractivity contribution in [2.45, 2.75) is 43.3 Å².